The van der Waals surface area contributed by atoms with Crippen LogP contribution in [0.5, 0.6) is 5.75 Å². The van der Waals surface area contributed by atoms with Gasteiger partial charge < -0.3 is 9.53 Å². The van der Waals surface area contributed by atoms with Gasteiger partial charge >= 0.3 is 0 Å². The van der Waals surface area contributed by atoms with Gasteiger partial charge in [0, 0.05) is 17.3 Å². The predicted octanol–water partition coefficient (Wildman–Crippen LogP) is 3.08. The number of hydrogen-bond donors (Lipinski definition) is 0. The van der Waals surface area contributed by atoms with Gasteiger partial charge in [-0.15, -0.1) is 0 Å². The highest BCUT2D eigenvalue weighted by Gasteiger charge is 2.20. The van der Waals surface area contributed by atoms with Crippen LogP contribution in [-0.4, -0.2) is 12.9 Å². The van der Waals surface area contributed by atoms with Crippen molar-refractivity contribution in [3.63, 3.8) is 0 Å². The number of carbonyl (C=O) groups excluding carboxylic acids is 1. The van der Waals surface area contributed by atoms with Crippen molar-refractivity contribution >= 4 is 22.2 Å². The highest BCUT2D eigenvalue weighted by Crippen LogP contribution is 2.37. The van der Waals surface area contributed by atoms with E-state index in [0.717, 1.165) is 35.1 Å². The number of benzene rings is 1. The third kappa shape index (κ3) is 2.07. The minimum Gasteiger partial charge on any atom is -0.493 e. The van der Waals surface area contributed by atoms with Crippen LogP contribution in [0.2, 0.25) is 0 Å². The maximum absolute atomic E-state index is 10.5. The van der Waals surface area contributed by atoms with E-state index in [1.54, 1.807) is 0 Å². The minimum atomic E-state index is 0.229. The predicted molar refractivity (Wildman–Crippen MR) is 62.4 cm³/mol. The molecule has 2 nitrogen and oxygen atoms in total. The zero-order valence-electron chi connectivity index (χ0n) is 8.63. The summed E-state index contributed by atoms with van der Waals surface area (Å²) in [4.78, 5) is 10.5. The standard InChI is InChI=1S/C12H13BrO2/c1-8(2-4-14)11-7-10(13)6-9-3-5-15-12(9)11/h4,6-8H,2-3,5H2,1H3. The number of hydrogen-bond acceptors (Lipinski definition) is 2. The van der Waals surface area contributed by atoms with Crippen LogP contribution in [0.3, 0.4) is 0 Å². The second kappa shape index (κ2) is 4.35. The van der Waals surface area contributed by atoms with Crippen LogP contribution in [0.25, 0.3) is 0 Å². The van der Waals surface area contributed by atoms with Gasteiger partial charge in [0.15, 0.2) is 0 Å². The fourth-order valence-electron chi connectivity index (χ4n) is 1.94. The third-order valence-corrected chi connectivity index (χ3v) is 3.22. The van der Waals surface area contributed by atoms with Crippen LogP contribution < -0.4 is 4.74 Å². The van der Waals surface area contributed by atoms with Crippen LogP contribution in [0.1, 0.15) is 30.4 Å². The molecule has 0 radical (unpaired) electrons. The van der Waals surface area contributed by atoms with Gasteiger partial charge in [0.2, 0.25) is 0 Å². The highest BCUT2D eigenvalue weighted by molar-refractivity contribution is 9.10. The zero-order valence-corrected chi connectivity index (χ0v) is 10.2. The quantitative estimate of drug-likeness (QED) is 0.788. The van der Waals surface area contributed by atoms with Gasteiger partial charge in [-0.25, -0.2) is 0 Å². The number of carbonyl (C=O) groups is 1. The third-order valence-electron chi connectivity index (χ3n) is 2.76. The molecule has 1 aliphatic heterocycles. The Bertz CT molecular complexity index is 387. The summed E-state index contributed by atoms with van der Waals surface area (Å²) in [6.07, 6.45) is 2.48. The summed E-state index contributed by atoms with van der Waals surface area (Å²) >= 11 is 3.49. The average molecular weight is 269 g/mol. The summed E-state index contributed by atoms with van der Waals surface area (Å²) in [6.45, 7) is 2.81. The molecule has 0 N–H and O–H groups in total. The van der Waals surface area contributed by atoms with Crippen LogP contribution in [0.4, 0.5) is 0 Å². The average Bonchev–Trinajstić information content (AvgIpc) is 2.64. The first-order valence-electron chi connectivity index (χ1n) is 5.11. The second-order valence-electron chi connectivity index (χ2n) is 3.89. The zero-order chi connectivity index (χ0) is 10.8. The maximum atomic E-state index is 10.5. The lowest BCUT2D eigenvalue weighted by atomic mass is 9.95. The summed E-state index contributed by atoms with van der Waals surface area (Å²) in [5.41, 5.74) is 2.39. The van der Waals surface area contributed by atoms with E-state index in [4.69, 9.17) is 4.74 Å². The molecule has 3 heteroatoms. The summed E-state index contributed by atoms with van der Waals surface area (Å²) < 4.78 is 6.68. The molecule has 0 aliphatic carbocycles. The van der Waals surface area contributed by atoms with Crippen LogP contribution in [0, 0.1) is 0 Å². The van der Waals surface area contributed by atoms with E-state index in [1.807, 2.05) is 0 Å². The van der Waals surface area contributed by atoms with Crippen molar-refractivity contribution in [3.05, 3.63) is 27.7 Å². The molecule has 1 heterocycles. The van der Waals surface area contributed by atoms with E-state index in [2.05, 4.69) is 35.0 Å². The van der Waals surface area contributed by atoms with Crippen molar-refractivity contribution < 1.29 is 9.53 Å². The number of ether oxygens (including phenoxy) is 1. The van der Waals surface area contributed by atoms with Gasteiger partial charge in [-0.05, 0) is 29.2 Å². The van der Waals surface area contributed by atoms with E-state index in [1.165, 1.54) is 5.56 Å². The molecule has 1 aromatic carbocycles. The summed E-state index contributed by atoms with van der Waals surface area (Å²) in [7, 11) is 0. The molecule has 0 aromatic heterocycles. The van der Waals surface area contributed by atoms with E-state index in [-0.39, 0.29) is 5.92 Å². The van der Waals surface area contributed by atoms with Gasteiger partial charge in [-0.2, -0.15) is 0 Å². The van der Waals surface area contributed by atoms with Gasteiger partial charge in [0.05, 0.1) is 6.61 Å². The van der Waals surface area contributed by atoms with E-state index >= 15 is 0 Å². The fraction of sp³-hybridized carbons (Fsp3) is 0.417. The lowest BCUT2D eigenvalue weighted by Gasteiger charge is -2.13. The number of fused-ring (bicyclic) bond motifs is 1. The minimum absolute atomic E-state index is 0.229. The molecular weight excluding hydrogens is 256 g/mol. The molecule has 15 heavy (non-hydrogen) atoms. The highest BCUT2D eigenvalue weighted by atomic mass is 79.9. The SMILES string of the molecule is CC(CC=O)c1cc(Br)cc2c1OCC2. The largest absolute Gasteiger partial charge is 0.493 e. The molecule has 80 valence electrons. The van der Waals surface area contributed by atoms with Gasteiger partial charge in [0.25, 0.3) is 0 Å². The molecule has 1 atom stereocenters. The Kier molecular flexibility index (Phi) is 3.10. The maximum Gasteiger partial charge on any atom is 0.126 e. The van der Waals surface area contributed by atoms with Crippen LogP contribution in [-0.2, 0) is 11.2 Å². The Morgan fingerprint density at radius 3 is 3.13 bits per heavy atom. The summed E-state index contributed by atoms with van der Waals surface area (Å²) in [5, 5.41) is 0. The first-order valence-corrected chi connectivity index (χ1v) is 5.90. The topological polar surface area (TPSA) is 26.3 Å². The van der Waals surface area contributed by atoms with Crippen molar-refractivity contribution in [2.24, 2.45) is 0 Å². The lowest BCUT2D eigenvalue weighted by Crippen LogP contribution is -1.98. The van der Waals surface area contributed by atoms with E-state index < -0.39 is 0 Å². The summed E-state index contributed by atoms with van der Waals surface area (Å²) in [6, 6.07) is 4.15. The first-order chi connectivity index (χ1) is 7.22. The van der Waals surface area contributed by atoms with Crippen LogP contribution in [0.15, 0.2) is 16.6 Å². The Balaban J connectivity index is 2.41. The Morgan fingerprint density at radius 2 is 2.40 bits per heavy atom. The smallest absolute Gasteiger partial charge is 0.126 e. The molecule has 1 unspecified atom stereocenters. The Morgan fingerprint density at radius 1 is 1.60 bits per heavy atom. The van der Waals surface area contributed by atoms with Crippen LogP contribution >= 0.6 is 15.9 Å². The Hall–Kier alpha value is -0.830. The van der Waals surface area contributed by atoms with Gasteiger partial charge in [-0.3, -0.25) is 0 Å². The lowest BCUT2D eigenvalue weighted by molar-refractivity contribution is -0.108. The molecule has 0 fully saturated rings. The monoisotopic (exact) mass is 268 g/mol. The van der Waals surface area contributed by atoms with E-state index in [0.29, 0.717) is 6.42 Å². The Labute approximate surface area is 97.8 Å². The normalized spacial score (nSPS) is 15.6. The molecule has 0 amide bonds. The molecule has 0 bridgehead atoms. The molecular formula is C12H13BrO2. The van der Waals surface area contributed by atoms with Gasteiger partial charge in [0.1, 0.15) is 12.0 Å². The molecule has 0 saturated heterocycles. The first kappa shape index (κ1) is 10.7. The van der Waals surface area contributed by atoms with Crippen molar-refractivity contribution in [2.75, 3.05) is 6.61 Å². The second-order valence-corrected chi connectivity index (χ2v) is 4.80. The molecule has 1 aromatic rings. The molecule has 2 rings (SSSR count). The van der Waals surface area contributed by atoms with Crippen molar-refractivity contribution in [1.29, 1.82) is 0 Å². The van der Waals surface area contributed by atoms with Gasteiger partial charge in [-0.1, -0.05) is 22.9 Å². The molecule has 0 spiro atoms. The fourth-order valence-corrected chi connectivity index (χ4v) is 2.46. The molecule has 1 aliphatic rings. The van der Waals surface area contributed by atoms with Crippen molar-refractivity contribution in [3.8, 4) is 5.75 Å². The number of rotatable bonds is 3. The number of halogens is 1. The summed E-state index contributed by atoms with van der Waals surface area (Å²) in [5.74, 6) is 1.22. The molecule has 0 saturated carbocycles. The van der Waals surface area contributed by atoms with Crippen molar-refractivity contribution in [2.45, 2.75) is 25.7 Å². The number of aldehydes is 1. The van der Waals surface area contributed by atoms with E-state index in [9.17, 15) is 4.79 Å². The van der Waals surface area contributed by atoms with Crippen molar-refractivity contribution in [1.82, 2.24) is 0 Å².